The van der Waals surface area contributed by atoms with Gasteiger partial charge in [0.2, 0.25) is 0 Å². The molecule has 1 fully saturated rings. The van der Waals surface area contributed by atoms with Gasteiger partial charge < -0.3 is 4.90 Å². The lowest BCUT2D eigenvalue weighted by molar-refractivity contribution is -0.384. The number of fused-ring (bicyclic) bond motifs is 1. The highest BCUT2D eigenvalue weighted by Gasteiger charge is 2.27. The maximum Gasteiger partial charge on any atom is 0.278 e. The lowest BCUT2D eigenvalue weighted by Crippen LogP contribution is -2.37. The van der Waals surface area contributed by atoms with E-state index in [4.69, 9.17) is 4.98 Å². The Morgan fingerprint density at radius 2 is 1.90 bits per heavy atom. The molecule has 1 aliphatic heterocycles. The molecule has 0 radical (unpaired) electrons. The first-order chi connectivity index (χ1) is 15.1. The number of aromatic amines is 1. The van der Waals surface area contributed by atoms with E-state index in [9.17, 15) is 14.9 Å². The Morgan fingerprint density at radius 3 is 2.71 bits per heavy atom. The van der Waals surface area contributed by atoms with Crippen molar-refractivity contribution < 1.29 is 9.72 Å². The summed E-state index contributed by atoms with van der Waals surface area (Å²) >= 11 is 1.52. The number of nitro benzene ring substituents is 1. The number of H-pyrrole nitrogens is 1. The number of nitrogens with one attached hydrogen (secondary N) is 1. The molecule has 9 nitrogen and oxygen atoms in total. The Morgan fingerprint density at radius 1 is 1.13 bits per heavy atom. The number of piperidine rings is 1. The van der Waals surface area contributed by atoms with Crippen LogP contribution < -0.4 is 0 Å². The first kappa shape index (κ1) is 19.3. The highest BCUT2D eigenvalue weighted by atomic mass is 32.1. The molecule has 10 heteroatoms. The number of hydrogen-bond acceptors (Lipinski definition) is 7. The smallest absolute Gasteiger partial charge is 0.278 e. The number of benzene rings is 2. The molecule has 0 saturated carbocycles. The lowest BCUT2D eigenvalue weighted by Gasteiger charge is -2.31. The minimum absolute atomic E-state index is 0.0110. The quantitative estimate of drug-likeness (QED) is 0.383. The predicted molar refractivity (Wildman–Crippen MR) is 116 cm³/mol. The second kappa shape index (κ2) is 7.88. The molecule has 1 N–H and O–H groups in total. The van der Waals surface area contributed by atoms with Crippen LogP contribution in [0.5, 0.6) is 0 Å². The van der Waals surface area contributed by atoms with E-state index in [-0.39, 0.29) is 22.4 Å². The Hall–Kier alpha value is -3.66. The zero-order valence-electron chi connectivity index (χ0n) is 16.4. The van der Waals surface area contributed by atoms with Gasteiger partial charge in [0.15, 0.2) is 0 Å². The average Bonchev–Trinajstić information content (AvgIpc) is 3.48. The molecule has 0 aliphatic carbocycles. The summed E-state index contributed by atoms with van der Waals surface area (Å²) in [5.41, 5.74) is 3.23. The van der Waals surface area contributed by atoms with E-state index in [1.165, 1.54) is 17.4 Å². The van der Waals surface area contributed by atoms with Crippen LogP contribution in [0.3, 0.4) is 0 Å². The molecule has 0 bridgehead atoms. The van der Waals surface area contributed by atoms with E-state index in [1.54, 1.807) is 36.4 Å². The number of aromatic nitrogens is 4. The van der Waals surface area contributed by atoms with Crippen LogP contribution >= 0.6 is 11.3 Å². The number of hydrogen-bond donors (Lipinski definition) is 1. The fourth-order valence-electron chi connectivity index (χ4n) is 3.93. The second-order valence-corrected chi connectivity index (χ2v) is 8.33. The molecule has 156 valence electrons. The van der Waals surface area contributed by atoms with E-state index in [2.05, 4.69) is 15.4 Å². The summed E-state index contributed by atoms with van der Waals surface area (Å²) in [7, 11) is 0. The van der Waals surface area contributed by atoms with Gasteiger partial charge in [-0.05, 0) is 37.1 Å². The second-order valence-electron chi connectivity index (χ2n) is 7.44. The van der Waals surface area contributed by atoms with Crippen molar-refractivity contribution in [2.24, 2.45) is 0 Å². The topological polar surface area (TPSA) is 118 Å². The van der Waals surface area contributed by atoms with E-state index < -0.39 is 0 Å². The van der Waals surface area contributed by atoms with Crippen LogP contribution in [0.2, 0.25) is 0 Å². The van der Waals surface area contributed by atoms with Crippen molar-refractivity contribution in [3.63, 3.8) is 0 Å². The molecule has 4 aromatic rings. The van der Waals surface area contributed by atoms with Crippen LogP contribution in [-0.4, -0.2) is 49.2 Å². The summed E-state index contributed by atoms with van der Waals surface area (Å²) in [6, 6.07) is 12.0. The van der Waals surface area contributed by atoms with Gasteiger partial charge in [0, 0.05) is 36.0 Å². The van der Waals surface area contributed by atoms with Crippen LogP contribution in [0.15, 0.2) is 47.8 Å². The number of likely N-dealkylation sites (tertiary alicyclic amines) is 1. The van der Waals surface area contributed by atoms with E-state index in [0.29, 0.717) is 35.4 Å². The van der Waals surface area contributed by atoms with Crippen molar-refractivity contribution in [2.75, 3.05) is 13.1 Å². The van der Waals surface area contributed by atoms with E-state index in [0.717, 1.165) is 23.4 Å². The number of nitro groups is 1. The fraction of sp³-hybridized carbons (Fsp3) is 0.238. The Kier molecular flexibility index (Phi) is 4.91. The number of carbonyl (C=O) groups is 1. The third kappa shape index (κ3) is 3.66. The standard InChI is InChI=1S/C21H18N6O3S/c28-21(14-5-6-16-17(11-14)24-25-23-16)26-9-7-13(8-10-26)20-22-18(12-31-20)15-3-1-2-4-19(15)27(29)30/h1-6,11-13H,7-10H2,(H,23,24,25). The normalized spacial score (nSPS) is 14.8. The number of amides is 1. The SMILES string of the molecule is O=C(c1ccc2n[nH]nc2c1)N1CCC(c2nc(-c3ccccc3[N+](=O)[O-])cs2)CC1. The van der Waals surface area contributed by atoms with Gasteiger partial charge >= 0.3 is 0 Å². The Balaban J connectivity index is 1.28. The molecular weight excluding hydrogens is 416 g/mol. The first-order valence-corrected chi connectivity index (χ1v) is 10.8. The van der Waals surface area contributed by atoms with Crippen molar-refractivity contribution in [3.8, 4) is 11.3 Å². The molecule has 31 heavy (non-hydrogen) atoms. The number of thiazole rings is 1. The van der Waals surface area contributed by atoms with Crippen molar-refractivity contribution in [2.45, 2.75) is 18.8 Å². The third-order valence-electron chi connectivity index (χ3n) is 5.59. The molecule has 0 spiro atoms. The van der Waals surface area contributed by atoms with Crippen molar-refractivity contribution in [1.82, 2.24) is 25.3 Å². The van der Waals surface area contributed by atoms with Crippen molar-refractivity contribution in [3.05, 3.63) is 68.5 Å². The van der Waals surface area contributed by atoms with Gasteiger partial charge in [-0.25, -0.2) is 4.98 Å². The molecule has 3 heterocycles. The van der Waals surface area contributed by atoms with Gasteiger partial charge in [-0.1, -0.05) is 12.1 Å². The molecule has 0 atom stereocenters. The maximum atomic E-state index is 12.9. The first-order valence-electron chi connectivity index (χ1n) is 9.89. The highest BCUT2D eigenvalue weighted by molar-refractivity contribution is 7.10. The van der Waals surface area contributed by atoms with Crippen LogP contribution in [0.25, 0.3) is 22.3 Å². The molecule has 0 unspecified atom stereocenters. The van der Waals surface area contributed by atoms with Gasteiger partial charge in [-0.15, -0.1) is 11.3 Å². The Labute approximate surface area is 180 Å². The van der Waals surface area contributed by atoms with E-state index in [1.807, 2.05) is 10.3 Å². The molecule has 1 amide bonds. The molecule has 2 aromatic heterocycles. The molecule has 1 saturated heterocycles. The van der Waals surface area contributed by atoms with Crippen molar-refractivity contribution in [1.29, 1.82) is 0 Å². The maximum absolute atomic E-state index is 12.9. The van der Waals surface area contributed by atoms with Gasteiger partial charge in [-0.3, -0.25) is 14.9 Å². The fourth-order valence-corrected chi connectivity index (χ4v) is 4.92. The average molecular weight is 434 g/mol. The molecule has 5 rings (SSSR count). The zero-order chi connectivity index (χ0) is 21.4. The summed E-state index contributed by atoms with van der Waals surface area (Å²) in [5, 5.41) is 24.8. The summed E-state index contributed by atoms with van der Waals surface area (Å²) in [6.07, 6.45) is 1.61. The van der Waals surface area contributed by atoms with Gasteiger partial charge in [0.05, 0.1) is 21.2 Å². The van der Waals surface area contributed by atoms with Crippen LogP contribution in [0, 0.1) is 10.1 Å². The van der Waals surface area contributed by atoms with Gasteiger partial charge in [0.25, 0.3) is 11.6 Å². The van der Waals surface area contributed by atoms with Gasteiger partial charge in [-0.2, -0.15) is 15.4 Å². The van der Waals surface area contributed by atoms with E-state index >= 15 is 0 Å². The van der Waals surface area contributed by atoms with Crippen molar-refractivity contribution >= 4 is 34.0 Å². The van der Waals surface area contributed by atoms with Gasteiger partial charge in [0.1, 0.15) is 11.0 Å². The number of nitrogens with zero attached hydrogens (tertiary/aromatic N) is 5. The lowest BCUT2D eigenvalue weighted by atomic mass is 9.97. The monoisotopic (exact) mass is 434 g/mol. The highest BCUT2D eigenvalue weighted by Crippen LogP contribution is 2.35. The largest absolute Gasteiger partial charge is 0.339 e. The van der Waals surface area contributed by atoms with Crippen LogP contribution in [0.1, 0.15) is 34.1 Å². The number of rotatable bonds is 4. The molecule has 2 aromatic carbocycles. The minimum atomic E-state index is -0.380. The summed E-state index contributed by atoms with van der Waals surface area (Å²) in [6.45, 7) is 1.28. The molecule has 1 aliphatic rings. The predicted octanol–water partition coefficient (Wildman–Crippen LogP) is 4.01. The number of carbonyl (C=O) groups excluding carboxylic acids is 1. The summed E-state index contributed by atoms with van der Waals surface area (Å²) in [5.74, 6) is 0.228. The zero-order valence-corrected chi connectivity index (χ0v) is 17.2. The Bertz CT molecular complexity index is 1270. The summed E-state index contributed by atoms with van der Waals surface area (Å²) in [4.78, 5) is 30.4. The number of para-hydroxylation sites is 1. The van der Waals surface area contributed by atoms with Crippen LogP contribution in [0.4, 0.5) is 5.69 Å². The third-order valence-corrected chi connectivity index (χ3v) is 6.60. The minimum Gasteiger partial charge on any atom is -0.339 e. The van der Waals surface area contributed by atoms with Crippen LogP contribution in [-0.2, 0) is 0 Å². The summed E-state index contributed by atoms with van der Waals surface area (Å²) < 4.78 is 0. The molecular formula is C21H18N6O3S.